The fourth-order valence-electron chi connectivity index (χ4n) is 2.56. The number of hydrogen-bond acceptors (Lipinski definition) is 1. The molecule has 0 radical (unpaired) electrons. The van der Waals surface area contributed by atoms with Crippen LogP contribution in [0.3, 0.4) is 0 Å². The van der Waals surface area contributed by atoms with E-state index in [9.17, 15) is 0 Å². The highest BCUT2D eigenvalue weighted by atomic mass is 15.2. The van der Waals surface area contributed by atoms with Crippen LogP contribution in [0.2, 0.25) is 0 Å². The largest absolute Gasteiger partial charge is 0.370 e. The quantitative estimate of drug-likeness (QED) is 0.762. The highest BCUT2D eigenvalue weighted by Crippen LogP contribution is 2.28. The van der Waals surface area contributed by atoms with Crippen LogP contribution in [0.5, 0.6) is 0 Å². The molecule has 2 nitrogen and oxygen atoms in total. The minimum atomic E-state index is 1.19. The molecule has 2 aromatic rings. The molecule has 0 unspecified atom stereocenters. The third-order valence-electron chi connectivity index (χ3n) is 3.46. The summed E-state index contributed by atoms with van der Waals surface area (Å²) in [4.78, 5) is 2.50. The highest BCUT2D eigenvalue weighted by molar-refractivity contribution is 5.64. The van der Waals surface area contributed by atoms with Crippen LogP contribution in [-0.4, -0.2) is 17.7 Å². The topological polar surface area (TPSA) is 8.17 Å². The van der Waals surface area contributed by atoms with Crippen LogP contribution in [0.25, 0.3) is 5.69 Å². The Morgan fingerprint density at radius 2 is 1.65 bits per heavy atom. The summed E-state index contributed by atoms with van der Waals surface area (Å²) in [6.45, 7) is 4.55. The third-order valence-corrected chi connectivity index (χ3v) is 3.46. The Morgan fingerprint density at radius 1 is 0.941 bits per heavy atom. The first-order valence-electron chi connectivity index (χ1n) is 6.33. The van der Waals surface area contributed by atoms with Crippen molar-refractivity contribution in [3.63, 3.8) is 0 Å². The highest BCUT2D eigenvalue weighted by Gasteiger charge is 2.16. The SMILES string of the molecule is Cc1ccc(-n2cccc2)c(N2CCCC2)c1. The summed E-state index contributed by atoms with van der Waals surface area (Å²) in [7, 11) is 0. The van der Waals surface area contributed by atoms with E-state index in [0.717, 1.165) is 0 Å². The Bertz CT molecular complexity index is 494. The van der Waals surface area contributed by atoms with Gasteiger partial charge in [-0.05, 0) is 49.6 Å². The predicted octanol–water partition coefficient (Wildman–Crippen LogP) is 3.39. The molecule has 3 rings (SSSR count). The summed E-state index contributed by atoms with van der Waals surface area (Å²) in [6, 6.07) is 10.9. The molecule has 1 aliphatic rings. The summed E-state index contributed by atoms with van der Waals surface area (Å²) >= 11 is 0. The molecule has 1 aliphatic heterocycles. The molecule has 17 heavy (non-hydrogen) atoms. The van der Waals surface area contributed by atoms with Crippen molar-refractivity contribution in [1.82, 2.24) is 4.57 Å². The van der Waals surface area contributed by atoms with Crippen molar-refractivity contribution in [2.24, 2.45) is 0 Å². The molecule has 2 heterocycles. The first kappa shape index (κ1) is 10.5. The number of anilines is 1. The summed E-state index contributed by atoms with van der Waals surface area (Å²) in [5.41, 5.74) is 4.00. The second kappa shape index (κ2) is 4.28. The summed E-state index contributed by atoms with van der Waals surface area (Å²) in [5.74, 6) is 0. The van der Waals surface area contributed by atoms with E-state index >= 15 is 0 Å². The number of hydrogen-bond donors (Lipinski definition) is 0. The van der Waals surface area contributed by atoms with Gasteiger partial charge in [0.15, 0.2) is 0 Å². The van der Waals surface area contributed by atoms with Crippen molar-refractivity contribution < 1.29 is 0 Å². The molecular weight excluding hydrogens is 208 g/mol. The van der Waals surface area contributed by atoms with E-state index in [1.807, 2.05) is 0 Å². The van der Waals surface area contributed by atoms with Gasteiger partial charge in [-0.3, -0.25) is 0 Å². The molecule has 1 fully saturated rings. The zero-order chi connectivity index (χ0) is 11.7. The normalized spacial score (nSPS) is 15.5. The van der Waals surface area contributed by atoms with Gasteiger partial charge >= 0.3 is 0 Å². The van der Waals surface area contributed by atoms with E-state index in [2.05, 4.69) is 59.1 Å². The number of aromatic nitrogens is 1. The summed E-state index contributed by atoms with van der Waals surface area (Å²) in [6.07, 6.45) is 6.87. The smallest absolute Gasteiger partial charge is 0.0685 e. The molecule has 2 heteroatoms. The Balaban J connectivity index is 2.07. The Labute approximate surface area is 102 Å². The monoisotopic (exact) mass is 226 g/mol. The van der Waals surface area contributed by atoms with Gasteiger partial charge in [-0.25, -0.2) is 0 Å². The van der Waals surface area contributed by atoms with Crippen LogP contribution in [-0.2, 0) is 0 Å². The standard InChI is InChI=1S/C15H18N2/c1-13-6-7-14(16-8-2-3-9-16)15(12-13)17-10-4-5-11-17/h2-3,6-9,12H,4-5,10-11H2,1H3. The van der Waals surface area contributed by atoms with Crippen molar-refractivity contribution in [3.8, 4) is 5.69 Å². The molecule has 0 spiro atoms. The first-order chi connectivity index (χ1) is 8.34. The third kappa shape index (κ3) is 1.95. The molecule has 0 aliphatic carbocycles. The van der Waals surface area contributed by atoms with E-state index in [1.54, 1.807) is 0 Å². The average Bonchev–Trinajstić information content (AvgIpc) is 3.02. The van der Waals surface area contributed by atoms with Gasteiger partial charge in [0.25, 0.3) is 0 Å². The Hall–Kier alpha value is -1.70. The molecule has 88 valence electrons. The lowest BCUT2D eigenvalue weighted by Gasteiger charge is -2.22. The van der Waals surface area contributed by atoms with Gasteiger partial charge in [0, 0.05) is 25.5 Å². The summed E-state index contributed by atoms with van der Waals surface area (Å²) in [5, 5.41) is 0. The molecule has 0 N–H and O–H groups in total. The molecule has 1 saturated heterocycles. The Kier molecular flexibility index (Phi) is 2.63. The molecular formula is C15H18N2. The predicted molar refractivity (Wildman–Crippen MR) is 72.0 cm³/mol. The van der Waals surface area contributed by atoms with Gasteiger partial charge in [0.2, 0.25) is 0 Å². The second-order valence-electron chi connectivity index (χ2n) is 4.78. The van der Waals surface area contributed by atoms with Crippen LogP contribution in [0.15, 0.2) is 42.7 Å². The number of nitrogens with zero attached hydrogens (tertiary/aromatic N) is 2. The fourth-order valence-corrected chi connectivity index (χ4v) is 2.56. The van der Waals surface area contributed by atoms with E-state index in [4.69, 9.17) is 0 Å². The van der Waals surface area contributed by atoms with E-state index < -0.39 is 0 Å². The fraction of sp³-hybridized carbons (Fsp3) is 0.333. The lowest BCUT2D eigenvalue weighted by molar-refractivity contribution is 0.945. The lowest BCUT2D eigenvalue weighted by atomic mass is 10.1. The van der Waals surface area contributed by atoms with E-state index in [-0.39, 0.29) is 0 Å². The van der Waals surface area contributed by atoms with Crippen molar-refractivity contribution in [2.45, 2.75) is 19.8 Å². The average molecular weight is 226 g/mol. The van der Waals surface area contributed by atoms with Gasteiger partial charge in [0.05, 0.1) is 11.4 Å². The van der Waals surface area contributed by atoms with Crippen molar-refractivity contribution >= 4 is 5.69 Å². The van der Waals surface area contributed by atoms with Crippen molar-refractivity contribution in [3.05, 3.63) is 48.3 Å². The van der Waals surface area contributed by atoms with Gasteiger partial charge in [0.1, 0.15) is 0 Å². The van der Waals surface area contributed by atoms with E-state index in [1.165, 1.54) is 42.9 Å². The molecule has 0 atom stereocenters. The number of rotatable bonds is 2. The summed E-state index contributed by atoms with van der Waals surface area (Å²) < 4.78 is 2.20. The minimum Gasteiger partial charge on any atom is -0.370 e. The second-order valence-corrected chi connectivity index (χ2v) is 4.78. The van der Waals surface area contributed by atoms with Crippen LogP contribution in [0, 0.1) is 6.92 Å². The molecule has 0 amide bonds. The van der Waals surface area contributed by atoms with E-state index in [0.29, 0.717) is 0 Å². The van der Waals surface area contributed by atoms with Crippen molar-refractivity contribution in [2.75, 3.05) is 18.0 Å². The van der Waals surface area contributed by atoms with Crippen LogP contribution in [0.4, 0.5) is 5.69 Å². The first-order valence-corrected chi connectivity index (χ1v) is 6.33. The molecule has 1 aromatic carbocycles. The zero-order valence-electron chi connectivity index (χ0n) is 10.3. The zero-order valence-corrected chi connectivity index (χ0v) is 10.3. The minimum absolute atomic E-state index is 1.19. The molecule has 0 saturated carbocycles. The van der Waals surface area contributed by atoms with Gasteiger partial charge in [-0.1, -0.05) is 6.07 Å². The molecule has 0 bridgehead atoms. The lowest BCUT2D eigenvalue weighted by Crippen LogP contribution is -2.19. The van der Waals surface area contributed by atoms with Crippen molar-refractivity contribution in [1.29, 1.82) is 0 Å². The number of benzene rings is 1. The maximum atomic E-state index is 2.50. The van der Waals surface area contributed by atoms with Gasteiger partial charge in [-0.15, -0.1) is 0 Å². The maximum Gasteiger partial charge on any atom is 0.0685 e. The number of aryl methyl sites for hydroxylation is 1. The Morgan fingerprint density at radius 3 is 2.35 bits per heavy atom. The van der Waals surface area contributed by atoms with Crippen LogP contribution >= 0.6 is 0 Å². The maximum absolute atomic E-state index is 2.50. The van der Waals surface area contributed by atoms with Gasteiger partial charge < -0.3 is 9.47 Å². The molecule has 1 aromatic heterocycles. The van der Waals surface area contributed by atoms with Crippen LogP contribution in [0.1, 0.15) is 18.4 Å². The van der Waals surface area contributed by atoms with Gasteiger partial charge in [-0.2, -0.15) is 0 Å². The van der Waals surface area contributed by atoms with Crippen LogP contribution < -0.4 is 4.90 Å².